The van der Waals surface area contributed by atoms with Crippen LogP contribution in [0.4, 0.5) is 0 Å². The van der Waals surface area contributed by atoms with Crippen LogP contribution in [0, 0.1) is 6.92 Å². The minimum absolute atomic E-state index is 0.685. The molecule has 0 radical (unpaired) electrons. The molecule has 0 aliphatic heterocycles. The average molecular weight is 248 g/mol. The summed E-state index contributed by atoms with van der Waals surface area (Å²) in [4.78, 5) is 11.8. The molecule has 1 aromatic carbocycles. The second-order valence-electron chi connectivity index (χ2n) is 5.13. The molecule has 18 heavy (non-hydrogen) atoms. The molecule has 98 valence electrons. The van der Waals surface area contributed by atoms with E-state index in [0.29, 0.717) is 0 Å². The van der Waals surface area contributed by atoms with Crippen LogP contribution < -0.4 is 4.74 Å². The van der Waals surface area contributed by atoms with Crippen molar-refractivity contribution in [3.63, 3.8) is 0 Å². The molecule has 0 saturated heterocycles. The van der Waals surface area contributed by atoms with Crippen LogP contribution in [-0.2, 0) is 10.2 Å². The molecule has 0 heterocycles. The predicted molar refractivity (Wildman–Crippen MR) is 70.1 cm³/mol. The molecule has 1 aliphatic carbocycles. The summed E-state index contributed by atoms with van der Waals surface area (Å²) in [6, 6.07) is 5.71. The van der Waals surface area contributed by atoms with Gasteiger partial charge in [0.15, 0.2) is 0 Å². The van der Waals surface area contributed by atoms with Crippen molar-refractivity contribution in [3.05, 3.63) is 29.3 Å². The Hall–Kier alpha value is -1.51. The zero-order chi connectivity index (χ0) is 13.2. The van der Waals surface area contributed by atoms with Crippen molar-refractivity contribution in [1.29, 1.82) is 0 Å². The van der Waals surface area contributed by atoms with Gasteiger partial charge in [0.05, 0.1) is 12.5 Å². The van der Waals surface area contributed by atoms with Gasteiger partial charge in [-0.25, -0.2) is 0 Å². The normalized spacial score (nSPS) is 18.3. The highest BCUT2D eigenvalue weighted by molar-refractivity contribution is 5.82. The molecule has 0 atom stereocenters. The predicted octanol–water partition coefficient (Wildman–Crippen LogP) is 3.29. The van der Waals surface area contributed by atoms with Crippen LogP contribution in [0.5, 0.6) is 5.75 Å². The van der Waals surface area contributed by atoms with Gasteiger partial charge in [-0.3, -0.25) is 4.79 Å². The van der Waals surface area contributed by atoms with Crippen LogP contribution in [0.1, 0.15) is 43.2 Å². The topological polar surface area (TPSA) is 46.5 Å². The molecule has 0 unspecified atom stereocenters. The first-order valence-electron chi connectivity index (χ1n) is 6.49. The van der Waals surface area contributed by atoms with Gasteiger partial charge in [-0.1, -0.05) is 25.3 Å². The van der Waals surface area contributed by atoms with Gasteiger partial charge in [-0.15, -0.1) is 0 Å². The van der Waals surface area contributed by atoms with E-state index in [1.54, 1.807) is 7.11 Å². The first-order chi connectivity index (χ1) is 8.60. The maximum Gasteiger partial charge on any atom is 0.314 e. The molecular formula is C15H20O3. The molecule has 0 bridgehead atoms. The third-order valence-electron chi connectivity index (χ3n) is 4.07. The first-order valence-corrected chi connectivity index (χ1v) is 6.49. The Bertz CT molecular complexity index is 445. The number of hydrogen-bond donors (Lipinski definition) is 1. The van der Waals surface area contributed by atoms with Crippen LogP contribution in [0.3, 0.4) is 0 Å². The highest BCUT2D eigenvalue weighted by Crippen LogP contribution is 2.41. The highest BCUT2D eigenvalue weighted by Gasteiger charge is 2.42. The van der Waals surface area contributed by atoms with E-state index in [4.69, 9.17) is 4.74 Å². The first kappa shape index (κ1) is 12.9. The van der Waals surface area contributed by atoms with Gasteiger partial charge in [0.2, 0.25) is 0 Å². The summed E-state index contributed by atoms with van der Waals surface area (Å²) >= 11 is 0. The Morgan fingerprint density at radius 1 is 1.28 bits per heavy atom. The summed E-state index contributed by atoms with van der Waals surface area (Å²) in [5, 5.41) is 9.66. The Morgan fingerprint density at radius 2 is 1.94 bits per heavy atom. The highest BCUT2D eigenvalue weighted by atomic mass is 16.5. The maximum absolute atomic E-state index is 11.8. The van der Waals surface area contributed by atoms with Gasteiger partial charge in [-0.2, -0.15) is 0 Å². The van der Waals surface area contributed by atoms with Crippen LogP contribution >= 0.6 is 0 Å². The summed E-state index contributed by atoms with van der Waals surface area (Å²) in [5.74, 6) is 0.100. The van der Waals surface area contributed by atoms with Crippen molar-refractivity contribution in [2.75, 3.05) is 7.11 Å². The minimum Gasteiger partial charge on any atom is -0.497 e. The number of rotatable bonds is 3. The molecule has 1 fully saturated rings. The van der Waals surface area contributed by atoms with E-state index < -0.39 is 11.4 Å². The number of benzene rings is 1. The molecule has 3 nitrogen and oxygen atoms in total. The van der Waals surface area contributed by atoms with Gasteiger partial charge in [0.1, 0.15) is 5.75 Å². The smallest absolute Gasteiger partial charge is 0.314 e. The molecule has 0 amide bonds. The van der Waals surface area contributed by atoms with E-state index in [1.165, 1.54) is 0 Å². The Kier molecular flexibility index (Phi) is 3.60. The fourth-order valence-corrected chi connectivity index (χ4v) is 3.05. The molecule has 1 N–H and O–H groups in total. The Morgan fingerprint density at radius 3 is 2.44 bits per heavy atom. The Labute approximate surface area is 108 Å². The van der Waals surface area contributed by atoms with E-state index >= 15 is 0 Å². The van der Waals surface area contributed by atoms with Crippen molar-refractivity contribution in [1.82, 2.24) is 0 Å². The molecular weight excluding hydrogens is 228 g/mol. The number of carboxylic acids is 1. The van der Waals surface area contributed by atoms with Crippen molar-refractivity contribution < 1.29 is 14.6 Å². The number of ether oxygens (including phenoxy) is 1. The zero-order valence-electron chi connectivity index (χ0n) is 11.0. The van der Waals surface area contributed by atoms with Gasteiger partial charge in [0.25, 0.3) is 0 Å². The van der Waals surface area contributed by atoms with E-state index in [2.05, 4.69) is 0 Å². The fourth-order valence-electron chi connectivity index (χ4n) is 3.05. The lowest BCUT2D eigenvalue weighted by atomic mass is 9.68. The number of carbonyl (C=O) groups is 1. The van der Waals surface area contributed by atoms with Gasteiger partial charge < -0.3 is 9.84 Å². The summed E-state index contributed by atoms with van der Waals surface area (Å²) in [7, 11) is 1.63. The lowest BCUT2D eigenvalue weighted by Crippen LogP contribution is -2.38. The lowest BCUT2D eigenvalue weighted by molar-refractivity contribution is -0.145. The second kappa shape index (κ2) is 5.01. The SMILES string of the molecule is COc1ccc(C2(C(=O)O)CCCCC2)c(C)c1. The fraction of sp³-hybridized carbons (Fsp3) is 0.533. The number of aryl methyl sites for hydroxylation is 1. The minimum atomic E-state index is -0.686. The number of carboxylic acid groups (broad SMARTS) is 1. The van der Waals surface area contributed by atoms with Crippen molar-refractivity contribution in [2.45, 2.75) is 44.4 Å². The molecule has 1 aromatic rings. The van der Waals surface area contributed by atoms with E-state index in [1.807, 2.05) is 25.1 Å². The van der Waals surface area contributed by atoms with E-state index in [9.17, 15) is 9.90 Å². The zero-order valence-corrected chi connectivity index (χ0v) is 11.0. The molecule has 3 heteroatoms. The summed E-state index contributed by atoms with van der Waals surface area (Å²) in [6.45, 7) is 1.97. The quantitative estimate of drug-likeness (QED) is 0.892. The van der Waals surface area contributed by atoms with Gasteiger partial charge in [-0.05, 0) is 43.0 Å². The van der Waals surface area contributed by atoms with Crippen LogP contribution in [0.25, 0.3) is 0 Å². The maximum atomic E-state index is 11.8. The number of aliphatic carboxylic acids is 1. The van der Waals surface area contributed by atoms with Gasteiger partial charge >= 0.3 is 5.97 Å². The van der Waals surface area contributed by atoms with E-state index in [0.717, 1.165) is 49.0 Å². The molecule has 0 aromatic heterocycles. The lowest BCUT2D eigenvalue weighted by Gasteiger charge is -2.34. The summed E-state index contributed by atoms with van der Waals surface area (Å²) in [5.41, 5.74) is 1.28. The molecule has 0 spiro atoms. The number of hydrogen-bond acceptors (Lipinski definition) is 2. The van der Waals surface area contributed by atoms with Crippen molar-refractivity contribution in [2.24, 2.45) is 0 Å². The third-order valence-corrected chi connectivity index (χ3v) is 4.07. The number of methoxy groups -OCH3 is 1. The molecule has 1 aliphatic rings. The van der Waals surface area contributed by atoms with Crippen LogP contribution in [-0.4, -0.2) is 18.2 Å². The van der Waals surface area contributed by atoms with Crippen LogP contribution in [0.15, 0.2) is 18.2 Å². The third kappa shape index (κ3) is 2.09. The Balaban J connectivity index is 2.45. The van der Waals surface area contributed by atoms with Crippen molar-refractivity contribution >= 4 is 5.97 Å². The summed E-state index contributed by atoms with van der Waals surface area (Å²) in [6.07, 6.45) is 4.63. The van der Waals surface area contributed by atoms with E-state index in [-0.39, 0.29) is 0 Å². The summed E-state index contributed by atoms with van der Waals surface area (Å²) < 4.78 is 5.18. The van der Waals surface area contributed by atoms with Crippen molar-refractivity contribution in [3.8, 4) is 5.75 Å². The van der Waals surface area contributed by atoms with Gasteiger partial charge in [0, 0.05) is 0 Å². The average Bonchev–Trinajstić information content (AvgIpc) is 2.39. The molecule has 1 saturated carbocycles. The van der Waals surface area contributed by atoms with Crippen LogP contribution in [0.2, 0.25) is 0 Å². The largest absolute Gasteiger partial charge is 0.497 e. The molecule has 2 rings (SSSR count). The standard InChI is InChI=1S/C15H20O3/c1-11-10-12(18-2)6-7-13(11)15(14(16)17)8-4-3-5-9-15/h6-7,10H,3-5,8-9H2,1-2H3,(H,16,17). The monoisotopic (exact) mass is 248 g/mol. The second-order valence-corrected chi connectivity index (χ2v) is 5.13.